The summed E-state index contributed by atoms with van der Waals surface area (Å²) in [5.41, 5.74) is 9.46. The number of para-hydroxylation sites is 3. The van der Waals surface area contributed by atoms with Gasteiger partial charge in [0.1, 0.15) is 11.4 Å². The number of aromatic nitrogens is 3. The van der Waals surface area contributed by atoms with Gasteiger partial charge in [-0.15, -0.1) is 5.10 Å². The molecule has 0 aliphatic heterocycles. The Balaban J connectivity index is 1.95. The normalized spacial score (nSPS) is 10.5. The first-order valence-electron chi connectivity index (χ1n) is 7.75. The zero-order valence-corrected chi connectivity index (χ0v) is 14.3. The van der Waals surface area contributed by atoms with Crippen LogP contribution in [0.15, 0.2) is 42.5 Å². The summed E-state index contributed by atoms with van der Waals surface area (Å²) >= 11 is 0. The molecule has 2 aromatic carbocycles. The largest absolute Gasteiger partial charge is 0.494 e. The molecule has 0 bridgehead atoms. The van der Waals surface area contributed by atoms with Gasteiger partial charge >= 0.3 is 0 Å². The maximum Gasteiger partial charge on any atom is 0.280 e. The van der Waals surface area contributed by atoms with E-state index >= 15 is 0 Å². The summed E-state index contributed by atoms with van der Waals surface area (Å²) in [6.07, 6.45) is 0. The van der Waals surface area contributed by atoms with E-state index < -0.39 is 5.91 Å². The molecular formula is C18H19N5O2. The van der Waals surface area contributed by atoms with Crippen LogP contribution in [0.5, 0.6) is 5.75 Å². The molecule has 0 unspecified atom stereocenters. The fourth-order valence-corrected chi connectivity index (χ4v) is 2.62. The maximum absolute atomic E-state index is 12.6. The van der Waals surface area contributed by atoms with Gasteiger partial charge in [-0.25, -0.2) is 0 Å². The minimum atomic E-state index is -0.406. The number of nitrogens with zero attached hydrogens (tertiary/aromatic N) is 3. The SMILES string of the molecule is COc1ccccc1-n1nnc(C(=O)Nc2c(C)cccc2C)c1N. The standard InChI is InChI=1S/C18H19N5O2/c1-11-7-6-8-12(2)15(11)20-18(24)16-17(19)23(22-21-16)13-9-4-5-10-14(13)25-3/h4-10H,19H2,1-3H3,(H,20,24). The number of rotatable bonds is 4. The molecule has 1 amide bonds. The quantitative estimate of drug-likeness (QED) is 0.763. The number of carbonyl (C=O) groups is 1. The monoisotopic (exact) mass is 337 g/mol. The molecule has 1 aromatic heterocycles. The van der Waals surface area contributed by atoms with E-state index in [1.807, 2.05) is 44.2 Å². The van der Waals surface area contributed by atoms with Gasteiger partial charge in [-0.3, -0.25) is 4.79 Å². The van der Waals surface area contributed by atoms with E-state index in [4.69, 9.17) is 10.5 Å². The van der Waals surface area contributed by atoms with E-state index in [9.17, 15) is 4.79 Å². The molecule has 1 heterocycles. The fourth-order valence-electron chi connectivity index (χ4n) is 2.62. The van der Waals surface area contributed by atoms with Gasteiger partial charge in [0.05, 0.1) is 7.11 Å². The molecule has 3 aromatic rings. The number of hydrogen-bond acceptors (Lipinski definition) is 5. The summed E-state index contributed by atoms with van der Waals surface area (Å²) in [7, 11) is 1.56. The molecule has 7 heteroatoms. The van der Waals surface area contributed by atoms with Gasteiger partial charge in [0.15, 0.2) is 11.5 Å². The lowest BCUT2D eigenvalue weighted by atomic mass is 10.1. The molecule has 0 radical (unpaired) electrons. The first-order chi connectivity index (χ1) is 12.0. The maximum atomic E-state index is 12.6. The number of amides is 1. The van der Waals surface area contributed by atoms with Crippen LogP contribution in [0, 0.1) is 13.8 Å². The van der Waals surface area contributed by atoms with Gasteiger partial charge < -0.3 is 15.8 Å². The lowest BCUT2D eigenvalue weighted by molar-refractivity contribution is 0.102. The van der Waals surface area contributed by atoms with Crippen molar-refractivity contribution in [2.45, 2.75) is 13.8 Å². The van der Waals surface area contributed by atoms with Crippen molar-refractivity contribution in [3.05, 3.63) is 59.3 Å². The molecule has 0 aliphatic rings. The average Bonchev–Trinajstić information content (AvgIpc) is 2.99. The van der Waals surface area contributed by atoms with Gasteiger partial charge in [0.2, 0.25) is 0 Å². The number of carbonyl (C=O) groups excluding carboxylic acids is 1. The molecule has 0 aliphatic carbocycles. The highest BCUT2D eigenvalue weighted by Gasteiger charge is 2.21. The van der Waals surface area contributed by atoms with Crippen LogP contribution in [0.4, 0.5) is 11.5 Å². The molecule has 7 nitrogen and oxygen atoms in total. The third kappa shape index (κ3) is 3.03. The number of nitrogens with two attached hydrogens (primary N) is 1. The Morgan fingerprint density at radius 2 is 1.80 bits per heavy atom. The van der Waals surface area contributed by atoms with Crippen molar-refractivity contribution >= 4 is 17.4 Å². The van der Waals surface area contributed by atoms with Crippen LogP contribution < -0.4 is 15.8 Å². The summed E-state index contributed by atoms with van der Waals surface area (Å²) in [5.74, 6) is 0.324. The van der Waals surface area contributed by atoms with Crippen molar-refractivity contribution in [3.8, 4) is 11.4 Å². The molecule has 0 atom stereocenters. The Kier molecular flexibility index (Phi) is 4.38. The van der Waals surface area contributed by atoms with E-state index in [1.165, 1.54) is 4.68 Å². The second kappa shape index (κ2) is 6.64. The number of methoxy groups -OCH3 is 1. The van der Waals surface area contributed by atoms with Crippen molar-refractivity contribution in [1.29, 1.82) is 0 Å². The molecular weight excluding hydrogens is 318 g/mol. The lowest BCUT2D eigenvalue weighted by Crippen LogP contribution is -2.16. The third-order valence-electron chi connectivity index (χ3n) is 3.95. The second-order valence-electron chi connectivity index (χ2n) is 5.63. The predicted molar refractivity (Wildman–Crippen MR) is 96.2 cm³/mol. The molecule has 0 fully saturated rings. The first-order valence-corrected chi connectivity index (χ1v) is 7.75. The summed E-state index contributed by atoms with van der Waals surface area (Å²) in [4.78, 5) is 12.6. The number of hydrogen-bond donors (Lipinski definition) is 2. The molecule has 0 spiro atoms. The Morgan fingerprint density at radius 1 is 1.12 bits per heavy atom. The van der Waals surface area contributed by atoms with E-state index in [0.717, 1.165) is 16.8 Å². The Bertz CT molecular complexity index is 913. The topological polar surface area (TPSA) is 95.1 Å². The molecule has 3 rings (SSSR count). The third-order valence-corrected chi connectivity index (χ3v) is 3.95. The van der Waals surface area contributed by atoms with Crippen LogP contribution in [0.25, 0.3) is 5.69 Å². The van der Waals surface area contributed by atoms with E-state index in [0.29, 0.717) is 11.4 Å². The Labute approximate surface area is 145 Å². The zero-order valence-electron chi connectivity index (χ0n) is 14.3. The van der Waals surface area contributed by atoms with Crippen LogP contribution in [0.1, 0.15) is 21.6 Å². The number of benzene rings is 2. The first kappa shape index (κ1) is 16.5. The molecule has 0 saturated carbocycles. The fraction of sp³-hybridized carbons (Fsp3) is 0.167. The van der Waals surface area contributed by atoms with Crippen LogP contribution >= 0.6 is 0 Å². The highest BCUT2D eigenvalue weighted by molar-refractivity contribution is 6.06. The van der Waals surface area contributed by atoms with Crippen molar-refractivity contribution in [3.63, 3.8) is 0 Å². The van der Waals surface area contributed by atoms with E-state index in [2.05, 4.69) is 15.6 Å². The van der Waals surface area contributed by atoms with E-state index in [1.54, 1.807) is 19.2 Å². The van der Waals surface area contributed by atoms with Crippen molar-refractivity contribution in [1.82, 2.24) is 15.0 Å². The van der Waals surface area contributed by atoms with Gasteiger partial charge in [0.25, 0.3) is 5.91 Å². The van der Waals surface area contributed by atoms with Gasteiger partial charge in [-0.1, -0.05) is 35.5 Å². The zero-order chi connectivity index (χ0) is 18.0. The molecule has 128 valence electrons. The van der Waals surface area contributed by atoms with Gasteiger partial charge in [0, 0.05) is 5.69 Å². The van der Waals surface area contributed by atoms with Crippen molar-refractivity contribution in [2.75, 3.05) is 18.2 Å². The van der Waals surface area contributed by atoms with Gasteiger partial charge in [-0.05, 0) is 37.1 Å². The lowest BCUT2D eigenvalue weighted by Gasteiger charge is -2.11. The van der Waals surface area contributed by atoms with Crippen LogP contribution in [0.3, 0.4) is 0 Å². The second-order valence-corrected chi connectivity index (χ2v) is 5.63. The van der Waals surface area contributed by atoms with Crippen molar-refractivity contribution < 1.29 is 9.53 Å². The highest BCUT2D eigenvalue weighted by Crippen LogP contribution is 2.25. The van der Waals surface area contributed by atoms with Crippen LogP contribution in [0.2, 0.25) is 0 Å². The number of anilines is 2. The van der Waals surface area contributed by atoms with Gasteiger partial charge in [-0.2, -0.15) is 4.68 Å². The Morgan fingerprint density at radius 3 is 2.48 bits per heavy atom. The molecule has 25 heavy (non-hydrogen) atoms. The number of ether oxygens (including phenoxy) is 1. The average molecular weight is 337 g/mol. The summed E-state index contributed by atoms with van der Waals surface area (Å²) < 4.78 is 6.69. The van der Waals surface area contributed by atoms with Crippen LogP contribution in [-0.4, -0.2) is 28.0 Å². The molecule has 3 N–H and O–H groups in total. The van der Waals surface area contributed by atoms with Crippen LogP contribution in [-0.2, 0) is 0 Å². The predicted octanol–water partition coefficient (Wildman–Crippen LogP) is 2.73. The number of nitrogen functional groups attached to an aromatic ring is 1. The minimum absolute atomic E-state index is 0.0635. The Hall–Kier alpha value is -3.35. The minimum Gasteiger partial charge on any atom is -0.494 e. The smallest absolute Gasteiger partial charge is 0.280 e. The van der Waals surface area contributed by atoms with E-state index in [-0.39, 0.29) is 11.5 Å². The summed E-state index contributed by atoms with van der Waals surface area (Å²) in [6, 6.07) is 13.0. The highest BCUT2D eigenvalue weighted by atomic mass is 16.5. The number of aryl methyl sites for hydroxylation is 2. The number of nitrogens with one attached hydrogen (secondary N) is 1. The van der Waals surface area contributed by atoms with Crippen molar-refractivity contribution in [2.24, 2.45) is 0 Å². The summed E-state index contributed by atoms with van der Waals surface area (Å²) in [5, 5.41) is 10.8. The molecule has 0 saturated heterocycles. The summed E-state index contributed by atoms with van der Waals surface area (Å²) in [6.45, 7) is 3.86.